The standard InChI is InChI=1S/C19H26FN3O3S/c1-14-4-5-16(15(20)12-14)21-17(6-10-24)18(13-23(2)3)22-27(26)19(7-8-19)9-11-25/h4-6,10,12-13,21-22,25H,7-9,11H2,1-3H3/b17-6+,18-13+. The molecule has 3 N–H and O–H groups in total. The number of carbonyl (C=O) groups excluding carboxylic acids is 1. The van der Waals surface area contributed by atoms with Crippen molar-refractivity contribution in [3.63, 3.8) is 0 Å². The van der Waals surface area contributed by atoms with Crippen molar-refractivity contribution >= 4 is 23.0 Å². The van der Waals surface area contributed by atoms with Crippen LogP contribution in [-0.2, 0) is 15.8 Å². The number of halogens is 1. The van der Waals surface area contributed by atoms with E-state index in [2.05, 4.69) is 10.0 Å². The molecule has 0 radical (unpaired) electrons. The second-order valence-corrected chi connectivity index (χ2v) is 8.47. The summed E-state index contributed by atoms with van der Waals surface area (Å²) in [5, 5.41) is 12.1. The van der Waals surface area contributed by atoms with Crippen LogP contribution in [0.3, 0.4) is 0 Å². The molecule has 1 saturated carbocycles. The number of hydrogen-bond donors (Lipinski definition) is 3. The van der Waals surface area contributed by atoms with E-state index in [1.807, 2.05) is 0 Å². The quantitative estimate of drug-likeness (QED) is 0.321. The minimum Gasteiger partial charge on any atom is -0.396 e. The van der Waals surface area contributed by atoms with E-state index in [0.29, 0.717) is 24.1 Å². The van der Waals surface area contributed by atoms with Crippen LogP contribution in [0.25, 0.3) is 0 Å². The summed E-state index contributed by atoms with van der Waals surface area (Å²) in [6, 6.07) is 4.73. The fraction of sp³-hybridized carbons (Fsp3) is 0.421. The number of aliphatic hydroxyl groups is 1. The third kappa shape index (κ3) is 5.64. The van der Waals surface area contributed by atoms with Gasteiger partial charge in [0.05, 0.1) is 21.8 Å². The van der Waals surface area contributed by atoms with Crippen LogP contribution < -0.4 is 10.0 Å². The highest BCUT2D eigenvalue weighted by Crippen LogP contribution is 2.44. The molecule has 1 atom stereocenters. The summed E-state index contributed by atoms with van der Waals surface area (Å²) in [7, 11) is 2.12. The molecule has 1 fully saturated rings. The molecule has 27 heavy (non-hydrogen) atoms. The van der Waals surface area contributed by atoms with Crippen molar-refractivity contribution in [3.8, 4) is 0 Å². The van der Waals surface area contributed by atoms with E-state index in [1.54, 1.807) is 44.3 Å². The van der Waals surface area contributed by atoms with Crippen molar-refractivity contribution in [2.24, 2.45) is 0 Å². The highest BCUT2D eigenvalue weighted by molar-refractivity contribution is 7.85. The Balaban J connectivity index is 2.29. The summed E-state index contributed by atoms with van der Waals surface area (Å²) >= 11 is 0. The molecule has 0 aliphatic heterocycles. The first kappa shape index (κ1) is 21.1. The summed E-state index contributed by atoms with van der Waals surface area (Å²) in [5.74, 6) is -0.448. The lowest BCUT2D eigenvalue weighted by molar-refractivity contribution is -0.104. The highest BCUT2D eigenvalue weighted by Gasteiger charge is 2.48. The van der Waals surface area contributed by atoms with E-state index in [9.17, 15) is 18.5 Å². The molecule has 148 valence electrons. The van der Waals surface area contributed by atoms with Crippen LogP contribution in [0, 0.1) is 12.7 Å². The lowest BCUT2D eigenvalue weighted by Gasteiger charge is -2.21. The van der Waals surface area contributed by atoms with Gasteiger partial charge >= 0.3 is 0 Å². The normalized spacial score (nSPS) is 17.2. The molecule has 1 aliphatic rings. The first-order valence-corrected chi connectivity index (χ1v) is 9.83. The smallest absolute Gasteiger partial charge is 0.146 e. The summed E-state index contributed by atoms with van der Waals surface area (Å²) in [4.78, 5) is 12.9. The van der Waals surface area contributed by atoms with Crippen LogP contribution in [0.1, 0.15) is 24.8 Å². The molecule has 1 unspecified atom stereocenters. The van der Waals surface area contributed by atoms with Gasteiger partial charge in [0.15, 0.2) is 0 Å². The monoisotopic (exact) mass is 395 g/mol. The molecule has 0 aromatic heterocycles. The van der Waals surface area contributed by atoms with Gasteiger partial charge < -0.3 is 20.0 Å². The van der Waals surface area contributed by atoms with Crippen molar-refractivity contribution in [2.75, 3.05) is 26.0 Å². The first-order chi connectivity index (χ1) is 12.8. The number of nitrogens with zero attached hydrogens (tertiary/aromatic N) is 1. The Morgan fingerprint density at radius 2 is 2.07 bits per heavy atom. The molecule has 1 aromatic rings. The number of hydrogen-bond acceptors (Lipinski definition) is 5. The van der Waals surface area contributed by atoms with Gasteiger partial charge in [0.25, 0.3) is 0 Å². The summed E-state index contributed by atoms with van der Waals surface area (Å²) in [6.45, 7) is 1.75. The zero-order valence-corrected chi connectivity index (χ0v) is 16.6. The number of aryl methyl sites for hydroxylation is 1. The number of rotatable bonds is 10. The van der Waals surface area contributed by atoms with Crippen molar-refractivity contribution in [1.29, 1.82) is 0 Å². The Bertz CT molecular complexity index is 773. The number of allylic oxidation sites excluding steroid dienone is 1. The van der Waals surface area contributed by atoms with Crippen molar-refractivity contribution in [2.45, 2.75) is 30.9 Å². The van der Waals surface area contributed by atoms with Gasteiger partial charge in [-0.3, -0.25) is 4.79 Å². The molecule has 2 rings (SSSR count). The zero-order valence-electron chi connectivity index (χ0n) is 15.8. The number of nitrogens with one attached hydrogen (secondary N) is 2. The van der Waals surface area contributed by atoms with Gasteiger partial charge in [-0.1, -0.05) is 6.07 Å². The average Bonchev–Trinajstić information content (AvgIpc) is 3.37. The van der Waals surface area contributed by atoms with Crippen molar-refractivity contribution < 1.29 is 18.5 Å². The maximum absolute atomic E-state index is 14.2. The van der Waals surface area contributed by atoms with Gasteiger partial charge in [0.1, 0.15) is 23.1 Å². The van der Waals surface area contributed by atoms with E-state index in [-0.39, 0.29) is 12.3 Å². The van der Waals surface area contributed by atoms with E-state index >= 15 is 0 Å². The molecular formula is C19H26FN3O3S. The minimum absolute atomic E-state index is 0.0377. The van der Waals surface area contributed by atoms with Gasteiger partial charge in [-0.2, -0.15) is 0 Å². The third-order valence-corrected chi connectivity index (χ3v) is 6.08. The number of carbonyl (C=O) groups is 1. The van der Waals surface area contributed by atoms with Gasteiger partial charge in [-0.25, -0.2) is 8.60 Å². The maximum Gasteiger partial charge on any atom is 0.146 e. The first-order valence-electron chi connectivity index (χ1n) is 8.68. The Morgan fingerprint density at radius 1 is 1.37 bits per heavy atom. The minimum atomic E-state index is -1.45. The molecule has 0 heterocycles. The molecule has 0 spiro atoms. The van der Waals surface area contributed by atoms with Gasteiger partial charge in [0.2, 0.25) is 0 Å². The average molecular weight is 396 g/mol. The van der Waals surface area contributed by atoms with Crippen LogP contribution in [0.5, 0.6) is 0 Å². The fourth-order valence-corrected chi connectivity index (χ4v) is 3.95. The number of aldehydes is 1. The van der Waals surface area contributed by atoms with Gasteiger partial charge in [-0.05, 0) is 43.9 Å². The molecule has 8 heteroatoms. The maximum atomic E-state index is 14.2. The topological polar surface area (TPSA) is 81.7 Å². The Labute approximate surface area is 161 Å². The van der Waals surface area contributed by atoms with Crippen LogP contribution in [0.2, 0.25) is 0 Å². The predicted molar refractivity (Wildman–Crippen MR) is 106 cm³/mol. The molecule has 0 saturated heterocycles. The predicted octanol–water partition coefficient (Wildman–Crippen LogP) is 2.20. The second-order valence-electron chi connectivity index (χ2n) is 6.86. The summed E-state index contributed by atoms with van der Waals surface area (Å²) < 4.78 is 29.5. The van der Waals surface area contributed by atoms with Crippen LogP contribution in [0.15, 0.2) is 41.9 Å². The number of aliphatic hydroxyl groups excluding tert-OH is 1. The van der Waals surface area contributed by atoms with E-state index in [4.69, 9.17) is 0 Å². The molecule has 1 aliphatic carbocycles. The molecular weight excluding hydrogens is 369 g/mol. The Hall–Kier alpha value is -2.19. The zero-order chi connectivity index (χ0) is 20.0. The SMILES string of the molecule is Cc1ccc(NC(=C/C=O)/C(=C\N(C)C)NS(=O)C2(CCO)CC2)c(F)c1. The van der Waals surface area contributed by atoms with E-state index in [1.165, 1.54) is 12.1 Å². The summed E-state index contributed by atoms with van der Waals surface area (Å²) in [6.07, 6.45) is 5.47. The van der Waals surface area contributed by atoms with Crippen LogP contribution in [-0.4, -0.2) is 46.0 Å². The Kier molecular flexibility index (Phi) is 7.15. The van der Waals surface area contributed by atoms with E-state index in [0.717, 1.165) is 18.4 Å². The molecule has 1 aromatic carbocycles. The third-order valence-electron chi connectivity index (χ3n) is 4.28. The second kappa shape index (κ2) is 9.14. The van der Waals surface area contributed by atoms with Crippen molar-refractivity contribution in [3.05, 3.63) is 53.2 Å². The number of anilines is 1. The highest BCUT2D eigenvalue weighted by atomic mass is 32.2. The lowest BCUT2D eigenvalue weighted by Crippen LogP contribution is -2.32. The molecule has 0 amide bonds. The van der Waals surface area contributed by atoms with Crippen LogP contribution in [0.4, 0.5) is 10.1 Å². The number of benzene rings is 1. The van der Waals surface area contributed by atoms with E-state index < -0.39 is 21.5 Å². The largest absolute Gasteiger partial charge is 0.396 e. The van der Waals surface area contributed by atoms with Crippen LogP contribution >= 0.6 is 0 Å². The lowest BCUT2D eigenvalue weighted by atomic mass is 10.2. The molecule has 0 bridgehead atoms. The van der Waals surface area contributed by atoms with Gasteiger partial charge in [-0.15, -0.1) is 0 Å². The van der Waals surface area contributed by atoms with Gasteiger partial charge in [0, 0.05) is 33.0 Å². The summed E-state index contributed by atoms with van der Waals surface area (Å²) in [5.41, 5.74) is 1.69. The van der Waals surface area contributed by atoms with Crippen molar-refractivity contribution in [1.82, 2.24) is 9.62 Å². The Morgan fingerprint density at radius 3 is 2.59 bits per heavy atom. The fourth-order valence-electron chi connectivity index (χ4n) is 2.62. The molecule has 6 nitrogen and oxygen atoms in total.